The summed E-state index contributed by atoms with van der Waals surface area (Å²) in [6.45, 7) is 7.15. The van der Waals surface area contributed by atoms with E-state index in [1.165, 1.54) is 0 Å². The number of alkyl halides is 1. The van der Waals surface area contributed by atoms with Gasteiger partial charge < -0.3 is 14.3 Å². The minimum Gasteiger partial charge on any atom is -0.396 e. The van der Waals surface area contributed by atoms with E-state index >= 15 is 0 Å². The summed E-state index contributed by atoms with van der Waals surface area (Å²) in [4.78, 5) is 11.8. The monoisotopic (exact) mass is 348 g/mol. The van der Waals surface area contributed by atoms with Gasteiger partial charge in [0.15, 0.2) is 0 Å². The van der Waals surface area contributed by atoms with Crippen LogP contribution in [-0.2, 0) is 11.4 Å². The molecule has 130 valence electrons. The van der Waals surface area contributed by atoms with Gasteiger partial charge in [0.25, 0.3) is 0 Å². The number of aryl methyl sites for hydroxylation is 1. The zero-order chi connectivity index (χ0) is 17.7. The van der Waals surface area contributed by atoms with Crippen LogP contribution in [0.4, 0.5) is 5.69 Å². The first-order valence-electron chi connectivity index (χ1n) is 8.02. The summed E-state index contributed by atoms with van der Waals surface area (Å²) in [5.41, 5.74) is 4.06. The summed E-state index contributed by atoms with van der Waals surface area (Å²) in [6, 6.07) is 8.39. The third-order valence-corrected chi connectivity index (χ3v) is 4.16. The molecule has 0 spiro atoms. The molecule has 2 rings (SSSR count). The molecule has 0 N–H and O–H groups in total. The molecule has 0 aliphatic rings. The van der Waals surface area contributed by atoms with Gasteiger partial charge in [0, 0.05) is 30.7 Å². The number of hydrogen-bond acceptors (Lipinski definition) is 3. The maximum atomic E-state index is 5.99. The largest absolute Gasteiger partial charge is 0.396 e. The van der Waals surface area contributed by atoms with Crippen molar-refractivity contribution in [2.24, 2.45) is 10.1 Å². The fourth-order valence-electron chi connectivity index (χ4n) is 2.40. The molecular formula is C18H25ClN4O. The van der Waals surface area contributed by atoms with Crippen molar-refractivity contribution in [2.45, 2.75) is 27.3 Å². The quantitative estimate of drug-likeness (QED) is 0.340. The molecule has 0 saturated carbocycles. The molecule has 1 aromatic carbocycles. The number of halogens is 1. The van der Waals surface area contributed by atoms with E-state index in [0.29, 0.717) is 19.0 Å². The lowest BCUT2D eigenvalue weighted by Gasteiger charge is -2.11. The second-order valence-electron chi connectivity index (χ2n) is 5.88. The molecule has 6 heteroatoms. The highest BCUT2D eigenvalue weighted by Crippen LogP contribution is 2.25. The summed E-state index contributed by atoms with van der Waals surface area (Å²) in [6.07, 6.45) is 0. The third-order valence-electron chi connectivity index (χ3n) is 3.85. The van der Waals surface area contributed by atoms with E-state index in [2.05, 4.69) is 39.8 Å². The summed E-state index contributed by atoms with van der Waals surface area (Å²) >= 11 is 5.99. The Balaban J connectivity index is 2.36. The Kier molecular flexibility index (Phi) is 6.26. The average Bonchev–Trinajstić information content (AvgIpc) is 2.85. The molecule has 0 fully saturated rings. The first kappa shape index (κ1) is 18.3. The number of amidine groups is 1. The fraction of sp³-hybridized carbons (Fsp3) is 0.444. The topological polar surface area (TPSA) is 42.1 Å². The van der Waals surface area contributed by atoms with Crippen molar-refractivity contribution in [3.05, 3.63) is 30.0 Å². The summed E-state index contributed by atoms with van der Waals surface area (Å²) in [7, 11) is 3.98. The standard InChI is InChI=1S/C18H25ClN4O/c1-6-24-21-17(11-19)12-23-13(2)9-15-10-16(7-8-18(15)23)20-14(3)22(4)5/h7-10H,6,11-12H2,1-5H3/b20-14+,21-17-. The molecule has 1 aromatic heterocycles. The van der Waals surface area contributed by atoms with Crippen LogP contribution in [0.15, 0.2) is 34.4 Å². The molecular weight excluding hydrogens is 324 g/mol. The van der Waals surface area contributed by atoms with Crippen LogP contribution in [0.3, 0.4) is 0 Å². The van der Waals surface area contributed by atoms with Crippen LogP contribution in [0.5, 0.6) is 0 Å². The minimum absolute atomic E-state index is 0.351. The molecule has 24 heavy (non-hydrogen) atoms. The molecule has 5 nitrogen and oxygen atoms in total. The van der Waals surface area contributed by atoms with Crippen LogP contribution in [0.25, 0.3) is 10.9 Å². The second kappa shape index (κ2) is 8.20. The molecule has 0 saturated heterocycles. The molecule has 0 unspecified atom stereocenters. The number of hydrogen-bond donors (Lipinski definition) is 0. The van der Waals surface area contributed by atoms with Gasteiger partial charge in [0.2, 0.25) is 0 Å². The number of fused-ring (bicyclic) bond motifs is 1. The van der Waals surface area contributed by atoms with Crippen molar-refractivity contribution in [1.29, 1.82) is 0 Å². The maximum absolute atomic E-state index is 5.99. The number of benzene rings is 1. The molecule has 2 aromatic rings. The molecule has 0 amide bonds. The number of aromatic nitrogens is 1. The van der Waals surface area contributed by atoms with Crippen LogP contribution < -0.4 is 0 Å². The number of oxime groups is 1. The fourth-order valence-corrected chi connectivity index (χ4v) is 2.53. The lowest BCUT2D eigenvalue weighted by molar-refractivity contribution is 0.158. The van der Waals surface area contributed by atoms with Gasteiger partial charge in [-0.25, -0.2) is 4.99 Å². The summed E-state index contributed by atoms with van der Waals surface area (Å²) in [5.74, 6) is 1.32. The molecule has 0 atom stereocenters. The molecule has 0 radical (unpaired) electrons. The van der Waals surface area contributed by atoms with Gasteiger partial charge in [-0.2, -0.15) is 0 Å². The molecule has 0 bridgehead atoms. The van der Waals surface area contributed by atoms with Crippen molar-refractivity contribution >= 4 is 39.7 Å². The predicted molar refractivity (Wildman–Crippen MR) is 103 cm³/mol. The first-order valence-corrected chi connectivity index (χ1v) is 8.55. The normalized spacial score (nSPS) is 12.8. The van der Waals surface area contributed by atoms with Crippen LogP contribution in [0.1, 0.15) is 19.5 Å². The van der Waals surface area contributed by atoms with Crippen molar-refractivity contribution < 1.29 is 4.84 Å². The lowest BCUT2D eigenvalue weighted by atomic mass is 10.2. The zero-order valence-corrected chi connectivity index (χ0v) is 15.8. The molecule has 0 aliphatic carbocycles. The van der Waals surface area contributed by atoms with E-state index < -0.39 is 0 Å². The van der Waals surface area contributed by atoms with Crippen molar-refractivity contribution in [2.75, 3.05) is 26.6 Å². The number of aliphatic imine (C=N–C) groups is 1. The smallest absolute Gasteiger partial charge is 0.114 e. The first-order chi connectivity index (χ1) is 11.5. The Bertz CT molecular complexity index is 762. The molecule has 1 heterocycles. The Morgan fingerprint density at radius 2 is 2.04 bits per heavy atom. The van der Waals surface area contributed by atoms with E-state index in [1.54, 1.807) is 0 Å². The van der Waals surface area contributed by atoms with Gasteiger partial charge >= 0.3 is 0 Å². The van der Waals surface area contributed by atoms with Crippen LogP contribution >= 0.6 is 11.6 Å². The van der Waals surface area contributed by atoms with Crippen molar-refractivity contribution in [1.82, 2.24) is 9.47 Å². The van der Waals surface area contributed by atoms with Gasteiger partial charge in [-0.3, -0.25) is 0 Å². The second-order valence-corrected chi connectivity index (χ2v) is 6.14. The predicted octanol–water partition coefficient (Wildman–Crippen LogP) is 4.19. The van der Waals surface area contributed by atoms with Crippen LogP contribution in [-0.4, -0.2) is 47.6 Å². The van der Waals surface area contributed by atoms with Gasteiger partial charge in [0.1, 0.15) is 12.4 Å². The van der Waals surface area contributed by atoms with E-state index in [0.717, 1.165) is 33.8 Å². The molecule has 0 aliphatic heterocycles. The van der Waals surface area contributed by atoms with Crippen molar-refractivity contribution in [3.8, 4) is 0 Å². The van der Waals surface area contributed by atoms with E-state index in [4.69, 9.17) is 16.4 Å². The van der Waals surface area contributed by atoms with Gasteiger partial charge in [-0.15, -0.1) is 11.6 Å². The highest BCUT2D eigenvalue weighted by atomic mass is 35.5. The SMILES string of the molecule is CCO/N=C(/CCl)Cn1c(C)cc2cc(/N=C(\C)N(C)C)ccc21. The summed E-state index contributed by atoms with van der Waals surface area (Å²) < 4.78 is 2.20. The lowest BCUT2D eigenvalue weighted by Crippen LogP contribution is -2.17. The number of rotatable bonds is 6. The van der Waals surface area contributed by atoms with E-state index in [9.17, 15) is 0 Å². The van der Waals surface area contributed by atoms with Crippen LogP contribution in [0, 0.1) is 6.92 Å². The van der Waals surface area contributed by atoms with Gasteiger partial charge in [-0.1, -0.05) is 5.16 Å². The van der Waals surface area contributed by atoms with Crippen molar-refractivity contribution in [3.63, 3.8) is 0 Å². The van der Waals surface area contributed by atoms with E-state index in [1.807, 2.05) is 38.9 Å². The van der Waals surface area contributed by atoms with E-state index in [-0.39, 0.29) is 0 Å². The van der Waals surface area contributed by atoms with Gasteiger partial charge in [0.05, 0.1) is 23.8 Å². The third kappa shape index (κ3) is 4.29. The Hall–Kier alpha value is -2.01. The highest BCUT2D eigenvalue weighted by molar-refractivity contribution is 6.28. The summed E-state index contributed by atoms with van der Waals surface area (Å²) in [5, 5.41) is 5.25. The highest BCUT2D eigenvalue weighted by Gasteiger charge is 2.09. The Labute approximate surface area is 148 Å². The Morgan fingerprint density at radius 3 is 2.67 bits per heavy atom. The van der Waals surface area contributed by atoms with Gasteiger partial charge in [-0.05, 0) is 45.0 Å². The average molecular weight is 349 g/mol. The minimum atomic E-state index is 0.351. The zero-order valence-electron chi connectivity index (χ0n) is 15.0. The Morgan fingerprint density at radius 1 is 1.29 bits per heavy atom. The van der Waals surface area contributed by atoms with Crippen LogP contribution in [0.2, 0.25) is 0 Å². The number of nitrogens with zero attached hydrogens (tertiary/aromatic N) is 4. The maximum Gasteiger partial charge on any atom is 0.114 e.